The maximum atomic E-state index is 9.99. The summed E-state index contributed by atoms with van der Waals surface area (Å²) in [6, 6.07) is 5.16. The minimum absolute atomic E-state index is 0.0202. The topological polar surface area (TPSA) is 52.5 Å². The van der Waals surface area contributed by atoms with Crippen molar-refractivity contribution in [1.82, 2.24) is 5.32 Å². The van der Waals surface area contributed by atoms with Crippen LogP contribution in [-0.4, -0.2) is 16.3 Å². The van der Waals surface area contributed by atoms with Crippen LogP contribution < -0.4 is 5.32 Å². The number of phenols is 2. The third-order valence-electron chi connectivity index (χ3n) is 4.52. The minimum atomic E-state index is 0.0202. The lowest BCUT2D eigenvalue weighted by Gasteiger charge is -2.46. The van der Waals surface area contributed by atoms with E-state index in [1.165, 1.54) is 12.5 Å². The van der Waals surface area contributed by atoms with Crippen LogP contribution >= 0.6 is 0 Å². The molecule has 1 aromatic rings. The second kappa shape index (κ2) is 5.53. The Morgan fingerprint density at radius 2 is 1.67 bits per heavy atom. The van der Waals surface area contributed by atoms with Crippen molar-refractivity contribution in [3.8, 4) is 11.5 Å². The summed E-state index contributed by atoms with van der Waals surface area (Å²) in [5.41, 5.74) is 1.43. The molecular formula is C18H29NO2. The standard InChI is InChI=1S/C18H29NO2/c1-12(15-8-14(20)6-7-16(15)21)19-13-9-17(2,3)11-18(4,5)10-13/h6-8,12-13,19-21H,9-11H2,1-5H3. The van der Waals surface area contributed by atoms with Crippen molar-refractivity contribution in [1.29, 1.82) is 0 Å². The Labute approximate surface area is 128 Å². The molecule has 0 amide bonds. The van der Waals surface area contributed by atoms with Crippen LogP contribution in [0.1, 0.15) is 65.5 Å². The van der Waals surface area contributed by atoms with Crippen LogP contribution in [0, 0.1) is 10.8 Å². The molecule has 0 heterocycles. The van der Waals surface area contributed by atoms with Crippen molar-refractivity contribution < 1.29 is 10.2 Å². The van der Waals surface area contributed by atoms with E-state index >= 15 is 0 Å². The molecule has 0 bridgehead atoms. The van der Waals surface area contributed by atoms with Crippen molar-refractivity contribution in [3.05, 3.63) is 23.8 Å². The van der Waals surface area contributed by atoms with E-state index in [0.717, 1.165) is 18.4 Å². The number of phenolic OH excluding ortho intramolecular Hbond substituents is 2. The summed E-state index contributed by atoms with van der Waals surface area (Å²) in [4.78, 5) is 0. The average molecular weight is 291 g/mol. The van der Waals surface area contributed by atoms with Gasteiger partial charge in [-0.05, 0) is 55.2 Å². The largest absolute Gasteiger partial charge is 0.508 e. The second-order valence-electron chi connectivity index (χ2n) is 8.24. The van der Waals surface area contributed by atoms with Crippen LogP contribution in [0.4, 0.5) is 0 Å². The fourth-order valence-electron chi connectivity index (χ4n) is 4.30. The average Bonchev–Trinajstić information content (AvgIpc) is 2.27. The fraction of sp³-hybridized carbons (Fsp3) is 0.667. The van der Waals surface area contributed by atoms with Gasteiger partial charge in [0.05, 0.1) is 0 Å². The lowest BCUT2D eigenvalue weighted by atomic mass is 9.63. The van der Waals surface area contributed by atoms with Gasteiger partial charge in [-0.1, -0.05) is 27.7 Å². The quantitative estimate of drug-likeness (QED) is 0.726. The number of rotatable bonds is 3. The first-order valence-electron chi connectivity index (χ1n) is 7.86. The van der Waals surface area contributed by atoms with E-state index in [9.17, 15) is 10.2 Å². The Bertz CT molecular complexity index is 492. The lowest BCUT2D eigenvalue weighted by Crippen LogP contribution is -2.44. The first kappa shape index (κ1) is 16.2. The van der Waals surface area contributed by atoms with Gasteiger partial charge in [-0.2, -0.15) is 0 Å². The summed E-state index contributed by atoms with van der Waals surface area (Å²) < 4.78 is 0. The molecule has 0 saturated heterocycles. The molecule has 0 radical (unpaired) electrons. The SMILES string of the molecule is CC(NC1CC(C)(C)CC(C)(C)C1)c1cc(O)ccc1O. The Morgan fingerprint density at radius 1 is 1.10 bits per heavy atom. The monoisotopic (exact) mass is 291 g/mol. The molecule has 3 nitrogen and oxygen atoms in total. The zero-order chi connectivity index (χ0) is 15.8. The molecule has 3 N–H and O–H groups in total. The molecule has 1 fully saturated rings. The summed E-state index contributed by atoms with van der Waals surface area (Å²) in [6.45, 7) is 11.4. The molecule has 2 rings (SSSR count). The van der Waals surface area contributed by atoms with Gasteiger partial charge in [0.25, 0.3) is 0 Å². The highest BCUT2D eigenvalue weighted by molar-refractivity contribution is 5.40. The van der Waals surface area contributed by atoms with Crippen LogP contribution in [0.15, 0.2) is 18.2 Å². The van der Waals surface area contributed by atoms with Gasteiger partial charge in [0, 0.05) is 17.6 Å². The van der Waals surface area contributed by atoms with Crippen LogP contribution in [-0.2, 0) is 0 Å². The van der Waals surface area contributed by atoms with E-state index < -0.39 is 0 Å². The molecule has 21 heavy (non-hydrogen) atoms. The first-order chi connectivity index (χ1) is 9.58. The third kappa shape index (κ3) is 4.13. The van der Waals surface area contributed by atoms with Crippen LogP contribution in [0.25, 0.3) is 0 Å². The van der Waals surface area contributed by atoms with Crippen molar-refractivity contribution in [2.45, 2.75) is 66.0 Å². The Morgan fingerprint density at radius 3 is 2.24 bits per heavy atom. The van der Waals surface area contributed by atoms with E-state index in [1.54, 1.807) is 12.1 Å². The number of nitrogens with one attached hydrogen (secondary N) is 1. The molecule has 3 heteroatoms. The van der Waals surface area contributed by atoms with Gasteiger partial charge >= 0.3 is 0 Å². The number of benzene rings is 1. The Hall–Kier alpha value is -1.22. The van der Waals surface area contributed by atoms with Gasteiger partial charge in [-0.15, -0.1) is 0 Å². The van der Waals surface area contributed by atoms with Crippen LogP contribution in [0.5, 0.6) is 11.5 Å². The summed E-state index contributed by atoms with van der Waals surface area (Å²) in [6.07, 6.45) is 3.52. The predicted molar refractivity (Wildman–Crippen MR) is 86.5 cm³/mol. The number of hydrogen-bond donors (Lipinski definition) is 3. The summed E-state index contributed by atoms with van der Waals surface area (Å²) in [7, 11) is 0. The predicted octanol–water partition coefficient (Wildman–Crippen LogP) is 4.35. The molecule has 1 aliphatic rings. The van der Waals surface area contributed by atoms with E-state index in [0.29, 0.717) is 16.9 Å². The van der Waals surface area contributed by atoms with Crippen molar-refractivity contribution in [2.75, 3.05) is 0 Å². The van der Waals surface area contributed by atoms with Crippen molar-refractivity contribution >= 4 is 0 Å². The van der Waals surface area contributed by atoms with Crippen LogP contribution in [0.2, 0.25) is 0 Å². The second-order valence-corrected chi connectivity index (χ2v) is 8.24. The van der Waals surface area contributed by atoms with Gasteiger partial charge in [0.2, 0.25) is 0 Å². The molecule has 0 aromatic heterocycles. The normalized spacial score (nSPS) is 22.9. The molecule has 1 saturated carbocycles. The summed E-state index contributed by atoms with van der Waals surface area (Å²) >= 11 is 0. The zero-order valence-corrected chi connectivity index (χ0v) is 13.9. The van der Waals surface area contributed by atoms with Crippen molar-refractivity contribution in [3.63, 3.8) is 0 Å². The van der Waals surface area contributed by atoms with E-state index in [4.69, 9.17) is 0 Å². The minimum Gasteiger partial charge on any atom is -0.508 e. The van der Waals surface area contributed by atoms with E-state index in [2.05, 4.69) is 33.0 Å². The maximum absolute atomic E-state index is 9.99. The van der Waals surface area contributed by atoms with Gasteiger partial charge in [-0.3, -0.25) is 0 Å². The Balaban J connectivity index is 2.12. The van der Waals surface area contributed by atoms with Crippen LogP contribution in [0.3, 0.4) is 0 Å². The summed E-state index contributed by atoms with van der Waals surface area (Å²) in [5, 5.41) is 23.3. The highest BCUT2D eigenvalue weighted by Gasteiger charge is 2.38. The van der Waals surface area contributed by atoms with Gasteiger partial charge < -0.3 is 15.5 Å². The summed E-state index contributed by atoms with van der Waals surface area (Å²) in [5.74, 6) is 0.433. The van der Waals surface area contributed by atoms with Gasteiger partial charge in [0.1, 0.15) is 11.5 Å². The van der Waals surface area contributed by atoms with Gasteiger partial charge in [-0.25, -0.2) is 0 Å². The molecule has 1 aromatic carbocycles. The van der Waals surface area contributed by atoms with E-state index in [1.807, 2.05) is 6.92 Å². The molecule has 1 aliphatic carbocycles. The lowest BCUT2D eigenvalue weighted by molar-refractivity contribution is 0.0810. The highest BCUT2D eigenvalue weighted by atomic mass is 16.3. The fourth-order valence-corrected chi connectivity index (χ4v) is 4.30. The number of aromatic hydroxyl groups is 2. The zero-order valence-electron chi connectivity index (χ0n) is 13.9. The molecule has 0 aliphatic heterocycles. The molecule has 0 spiro atoms. The third-order valence-corrected chi connectivity index (χ3v) is 4.52. The van der Waals surface area contributed by atoms with Crippen molar-refractivity contribution in [2.24, 2.45) is 10.8 Å². The molecule has 1 unspecified atom stereocenters. The van der Waals surface area contributed by atoms with E-state index in [-0.39, 0.29) is 17.5 Å². The first-order valence-corrected chi connectivity index (χ1v) is 7.86. The molecule has 118 valence electrons. The molecular weight excluding hydrogens is 262 g/mol. The number of hydrogen-bond acceptors (Lipinski definition) is 3. The smallest absolute Gasteiger partial charge is 0.120 e. The highest BCUT2D eigenvalue weighted by Crippen LogP contribution is 2.46. The maximum Gasteiger partial charge on any atom is 0.120 e. The Kier molecular flexibility index (Phi) is 4.25. The van der Waals surface area contributed by atoms with Gasteiger partial charge in [0.15, 0.2) is 0 Å². The molecule has 1 atom stereocenters.